The Balaban J connectivity index is 1.63. The number of aromatic nitrogens is 3. The Labute approximate surface area is 139 Å². The average Bonchev–Trinajstić information content (AvgIpc) is 3.08. The Hall–Kier alpha value is -3.02. The first kappa shape index (κ1) is 14.6. The zero-order valence-corrected chi connectivity index (χ0v) is 13.1. The fourth-order valence-corrected chi connectivity index (χ4v) is 3.04. The summed E-state index contributed by atoms with van der Waals surface area (Å²) in [6.07, 6.45) is 8.06. The number of carbonyl (C=O) groups is 1. The molecule has 1 amide bonds. The van der Waals surface area contributed by atoms with Crippen LogP contribution in [0.1, 0.15) is 21.8 Å². The summed E-state index contributed by atoms with van der Waals surface area (Å²) < 4.78 is 5.23. The minimum atomic E-state index is -0.0776. The Morgan fingerprint density at radius 2 is 1.92 bits per heavy atom. The van der Waals surface area contributed by atoms with E-state index in [1.807, 2.05) is 17.0 Å². The van der Waals surface area contributed by atoms with Gasteiger partial charge in [0.25, 0.3) is 5.91 Å². The molecule has 0 atom stereocenters. The molecule has 0 unspecified atom stereocenters. The molecule has 120 valence electrons. The molecule has 1 aliphatic heterocycles. The van der Waals surface area contributed by atoms with Crippen molar-refractivity contribution in [1.82, 2.24) is 19.9 Å². The van der Waals surface area contributed by atoms with Crippen LogP contribution in [0.3, 0.4) is 0 Å². The molecule has 0 aromatic carbocycles. The van der Waals surface area contributed by atoms with Crippen LogP contribution in [0.15, 0.2) is 53.7 Å². The topological polar surface area (TPSA) is 72.1 Å². The second-order valence-corrected chi connectivity index (χ2v) is 5.65. The lowest BCUT2D eigenvalue weighted by molar-refractivity contribution is 0.0731. The van der Waals surface area contributed by atoms with E-state index < -0.39 is 0 Å². The van der Waals surface area contributed by atoms with Gasteiger partial charge in [0.15, 0.2) is 5.76 Å². The summed E-state index contributed by atoms with van der Waals surface area (Å²) in [5.41, 5.74) is 4.06. The van der Waals surface area contributed by atoms with Crippen molar-refractivity contribution in [2.75, 3.05) is 13.1 Å². The standard InChI is InChI=1S/C18H16N4O2/c23-18(16-2-1-11-24-16)22-9-5-14-15(6-10-22)20-12-21-17(14)13-3-7-19-8-4-13/h1-4,7-8,11-12H,5-6,9-10H2. The molecule has 0 saturated heterocycles. The molecule has 3 aromatic heterocycles. The second-order valence-electron chi connectivity index (χ2n) is 5.65. The van der Waals surface area contributed by atoms with Gasteiger partial charge in [0.1, 0.15) is 6.33 Å². The number of hydrogen-bond acceptors (Lipinski definition) is 5. The summed E-state index contributed by atoms with van der Waals surface area (Å²) in [6.45, 7) is 1.25. The van der Waals surface area contributed by atoms with E-state index in [1.54, 1.807) is 30.9 Å². The highest BCUT2D eigenvalue weighted by molar-refractivity contribution is 5.91. The summed E-state index contributed by atoms with van der Waals surface area (Å²) in [5, 5.41) is 0. The maximum atomic E-state index is 12.5. The Morgan fingerprint density at radius 1 is 1.08 bits per heavy atom. The molecule has 24 heavy (non-hydrogen) atoms. The third-order valence-electron chi connectivity index (χ3n) is 4.26. The van der Waals surface area contributed by atoms with Crippen LogP contribution < -0.4 is 0 Å². The first-order valence-electron chi connectivity index (χ1n) is 7.89. The summed E-state index contributed by atoms with van der Waals surface area (Å²) in [7, 11) is 0. The number of rotatable bonds is 2. The van der Waals surface area contributed by atoms with Gasteiger partial charge in [-0.05, 0) is 30.7 Å². The number of amides is 1. The van der Waals surface area contributed by atoms with Crippen molar-refractivity contribution in [3.8, 4) is 11.3 Å². The molecule has 1 aliphatic rings. The van der Waals surface area contributed by atoms with Gasteiger partial charge in [-0.2, -0.15) is 0 Å². The lowest BCUT2D eigenvalue weighted by atomic mass is 10.0. The van der Waals surface area contributed by atoms with Gasteiger partial charge in [-0.15, -0.1) is 0 Å². The van der Waals surface area contributed by atoms with Gasteiger partial charge in [-0.3, -0.25) is 9.78 Å². The predicted octanol–water partition coefficient (Wildman–Crippen LogP) is 2.37. The van der Waals surface area contributed by atoms with Gasteiger partial charge >= 0.3 is 0 Å². The highest BCUT2D eigenvalue weighted by Crippen LogP contribution is 2.25. The predicted molar refractivity (Wildman–Crippen MR) is 87.3 cm³/mol. The molecule has 4 heterocycles. The summed E-state index contributed by atoms with van der Waals surface area (Å²) in [5.74, 6) is 0.299. The van der Waals surface area contributed by atoms with Gasteiger partial charge in [0.05, 0.1) is 12.0 Å². The van der Waals surface area contributed by atoms with Gasteiger partial charge in [-0.1, -0.05) is 0 Å². The van der Waals surface area contributed by atoms with Crippen molar-refractivity contribution >= 4 is 5.91 Å². The fraction of sp³-hybridized carbons (Fsp3) is 0.222. The van der Waals surface area contributed by atoms with E-state index in [-0.39, 0.29) is 5.91 Å². The monoisotopic (exact) mass is 320 g/mol. The maximum Gasteiger partial charge on any atom is 0.289 e. The minimum Gasteiger partial charge on any atom is -0.459 e. The van der Waals surface area contributed by atoms with E-state index in [0.717, 1.165) is 28.9 Å². The van der Waals surface area contributed by atoms with Gasteiger partial charge in [0, 0.05) is 48.7 Å². The molecule has 4 rings (SSSR count). The zero-order chi connectivity index (χ0) is 16.4. The second kappa shape index (κ2) is 6.23. The number of fused-ring (bicyclic) bond motifs is 1. The number of carbonyl (C=O) groups excluding carboxylic acids is 1. The van der Waals surface area contributed by atoms with Gasteiger partial charge < -0.3 is 9.32 Å². The normalized spacial score (nSPS) is 14.1. The Morgan fingerprint density at radius 3 is 2.71 bits per heavy atom. The van der Waals surface area contributed by atoms with E-state index in [9.17, 15) is 4.79 Å². The van der Waals surface area contributed by atoms with Crippen LogP contribution in [0, 0.1) is 0 Å². The van der Waals surface area contributed by atoms with E-state index in [2.05, 4.69) is 15.0 Å². The minimum absolute atomic E-state index is 0.0776. The quantitative estimate of drug-likeness (QED) is 0.725. The van der Waals surface area contributed by atoms with Crippen molar-refractivity contribution in [3.63, 3.8) is 0 Å². The van der Waals surface area contributed by atoms with E-state index in [4.69, 9.17) is 4.42 Å². The molecule has 6 heteroatoms. The van der Waals surface area contributed by atoms with Gasteiger partial charge in [-0.25, -0.2) is 9.97 Å². The van der Waals surface area contributed by atoms with Crippen LogP contribution in [0.5, 0.6) is 0 Å². The van der Waals surface area contributed by atoms with Crippen LogP contribution in [-0.4, -0.2) is 38.8 Å². The third kappa shape index (κ3) is 2.67. The molecular weight excluding hydrogens is 304 g/mol. The van der Waals surface area contributed by atoms with E-state index in [1.165, 1.54) is 6.26 Å². The first-order valence-corrected chi connectivity index (χ1v) is 7.89. The molecular formula is C18H16N4O2. The van der Waals surface area contributed by atoms with Crippen LogP contribution >= 0.6 is 0 Å². The summed E-state index contributed by atoms with van der Waals surface area (Å²) in [6, 6.07) is 7.31. The molecule has 6 nitrogen and oxygen atoms in total. The van der Waals surface area contributed by atoms with Crippen molar-refractivity contribution in [2.45, 2.75) is 12.8 Å². The summed E-state index contributed by atoms with van der Waals surface area (Å²) >= 11 is 0. The average molecular weight is 320 g/mol. The number of nitrogens with zero attached hydrogens (tertiary/aromatic N) is 4. The van der Waals surface area contributed by atoms with E-state index in [0.29, 0.717) is 25.3 Å². The largest absolute Gasteiger partial charge is 0.459 e. The molecule has 0 saturated carbocycles. The third-order valence-corrected chi connectivity index (χ3v) is 4.26. The molecule has 0 N–H and O–H groups in total. The number of furan rings is 1. The smallest absolute Gasteiger partial charge is 0.289 e. The molecule has 0 fully saturated rings. The molecule has 0 bridgehead atoms. The molecule has 0 aliphatic carbocycles. The van der Waals surface area contributed by atoms with Crippen molar-refractivity contribution in [2.24, 2.45) is 0 Å². The fourth-order valence-electron chi connectivity index (χ4n) is 3.04. The van der Waals surface area contributed by atoms with E-state index >= 15 is 0 Å². The van der Waals surface area contributed by atoms with Crippen molar-refractivity contribution in [1.29, 1.82) is 0 Å². The first-order chi connectivity index (χ1) is 11.8. The van der Waals surface area contributed by atoms with Crippen molar-refractivity contribution < 1.29 is 9.21 Å². The highest BCUT2D eigenvalue weighted by atomic mass is 16.3. The zero-order valence-electron chi connectivity index (χ0n) is 13.1. The number of hydrogen-bond donors (Lipinski definition) is 0. The van der Waals surface area contributed by atoms with Gasteiger partial charge in [0.2, 0.25) is 0 Å². The Kier molecular flexibility index (Phi) is 3.78. The Bertz CT molecular complexity index is 847. The van der Waals surface area contributed by atoms with Crippen LogP contribution in [0.4, 0.5) is 0 Å². The lowest BCUT2D eigenvalue weighted by Gasteiger charge is -2.18. The molecule has 0 radical (unpaired) electrons. The lowest BCUT2D eigenvalue weighted by Crippen LogP contribution is -2.33. The SMILES string of the molecule is O=C(c1ccco1)N1CCc2ncnc(-c3ccncc3)c2CC1. The maximum absolute atomic E-state index is 12.5. The summed E-state index contributed by atoms with van der Waals surface area (Å²) in [4.78, 5) is 27.3. The molecule has 0 spiro atoms. The van der Waals surface area contributed by atoms with Crippen LogP contribution in [0.2, 0.25) is 0 Å². The molecule has 3 aromatic rings. The van der Waals surface area contributed by atoms with Crippen LogP contribution in [-0.2, 0) is 12.8 Å². The number of pyridine rings is 1. The van der Waals surface area contributed by atoms with Crippen molar-refractivity contribution in [3.05, 3.63) is 66.3 Å². The van der Waals surface area contributed by atoms with Crippen LogP contribution in [0.25, 0.3) is 11.3 Å². The highest BCUT2D eigenvalue weighted by Gasteiger charge is 2.24.